The second-order valence-electron chi connectivity index (χ2n) is 7.51. The summed E-state index contributed by atoms with van der Waals surface area (Å²) in [7, 11) is 2.69. The molecular weight excluding hydrogens is 506 g/mol. The number of amides is 1. The third-order valence-electron chi connectivity index (χ3n) is 5.40. The third-order valence-corrected chi connectivity index (χ3v) is 6.11. The number of aromatic nitrogens is 2. The van der Waals surface area contributed by atoms with Gasteiger partial charge in [0.1, 0.15) is 5.75 Å². The average molecular weight is 522 g/mol. The molecule has 0 fully saturated rings. The number of anilines is 1. The first-order valence-electron chi connectivity index (χ1n) is 10.0. The van der Waals surface area contributed by atoms with Crippen molar-refractivity contribution in [3.63, 3.8) is 0 Å². The molecule has 0 aliphatic heterocycles. The summed E-state index contributed by atoms with van der Waals surface area (Å²) in [5.74, 6) is -1.26. The van der Waals surface area contributed by atoms with E-state index in [1.807, 2.05) is 0 Å². The number of hydrogen-bond acceptors (Lipinski definition) is 4. The Bertz CT molecular complexity index is 1530. The van der Waals surface area contributed by atoms with Crippen LogP contribution in [0.5, 0.6) is 5.75 Å². The largest absolute Gasteiger partial charge is 0.496 e. The zero-order valence-electron chi connectivity index (χ0n) is 18.2. The predicted molar refractivity (Wildman–Crippen MR) is 128 cm³/mol. The molecule has 0 saturated carbocycles. The molecule has 35 heavy (non-hydrogen) atoms. The summed E-state index contributed by atoms with van der Waals surface area (Å²) in [6.45, 7) is 0. The Morgan fingerprint density at radius 1 is 1.11 bits per heavy atom. The summed E-state index contributed by atoms with van der Waals surface area (Å²) in [6, 6.07) is 9.03. The Hall–Kier alpha value is -3.56. The number of rotatable bonds is 4. The first-order chi connectivity index (χ1) is 16.5. The number of nitrogens with one attached hydrogen (secondary N) is 1. The van der Waals surface area contributed by atoms with Crippen molar-refractivity contribution >= 4 is 45.7 Å². The van der Waals surface area contributed by atoms with Crippen LogP contribution in [0.2, 0.25) is 10.0 Å². The fourth-order valence-corrected chi connectivity index (χ4v) is 4.29. The second-order valence-corrected chi connectivity index (χ2v) is 8.29. The number of aryl methyl sites for hydroxylation is 1. The molecule has 0 atom stereocenters. The second kappa shape index (κ2) is 9.24. The number of nitrogens with zero attached hydrogens (tertiary/aromatic N) is 2. The number of alkyl halides is 3. The average Bonchev–Trinajstić information content (AvgIpc) is 2.83. The molecule has 2 aromatic carbocycles. The summed E-state index contributed by atoms with van der Waals surface area (Å²) in [4.78, 5) is 29.9. The normalized spacial score (nSPS) is 11.5. The minimum atomic E-state index is -4.72. The number of benzene rings is 2. The lowest BCUT2D eigenvalue weighted by Crippen LogP contribution is -2.19. The lowest BCUT2D eigenvalue weighted by molar-refractivity contribution is -0.138. The molecule has 0 unspecified atom stereocenters. The Balaban J connectivity index is 1.78. The number of carbonyl (C=O) groups excluding carboxylic acids is 1. The molecule has 2 heterocycles. The maximum absolute atomic E-state index is 13.4. The van der Waals surface area contributed by atoms with E-state index in [-0.39, 0.29) is 38.0 Å². The quantitative estimate of drug-likeness (QED) is 0.347. The minimum absolute atomic E-state index is 0.0456. The Kier molecular flexibility index (Phi) is 6.48. The van der Waals surface area contributed by atoms with E-state index >= 15 is 0 Å². The Morgan fingerprint density at radius 2 is 1.86 bits per heavy atom. The van der Waals surface area contributed by atoms with Gasteiger partial charge in [0.2, 0.25) is 0 Å². The molecule has 4 rings (SSSR count). The maximum Gasteiger partial charge on any atom is 0.419 e. The molecular formula is C24H16Cl2F3N3O3. The summed E-state index contributed by atoms with van der Waals surface area (Å²) in [6.07, 6.45) is -1.59. The van der Waals surface area contributed by atoms with Crippen LogP contribution in [0.15, 0.2) is 59.7 Å². The van der Waals surface area contributed by atoms with Crippen molar-refractivity contribution < 1.29 is 22.7 Å². The van der Waals surface area contributed by atoms with Crippen LogP contribution >= 0.6 is 23.2 Å². The van der Waals surface area contributed by atoms with E-state index in [4.69, 9.17) is 27.9 Å². The fourth-order valence-electron chi connectivity index (χ4n) is 3.66. The van der Waals surface area contributed by atoms with Crippen molar-refractivity contribution in [2.45, 2.75) is 6.18 Å². The van der Waals surface area contributed by atoms with Gasteiger partial charge in [-0.2, -0.15) is 13.2 Å². The monoisotopic (exact) mass is 521 g/mol. The topological polar surface area (TPSA) is 73.2 Å². The minimum Gasteiger partial charge on any atom is -0.496 e. The van der Waals surface area contributed by atoms with Crippen LogP contribution in [0.1, 0.15) is 15.9 Å². The van der Waals surface area contributed by atoms with Crippen LogP contribution in [-0.2, 0) is 13.2 Å². The molecule has 0 aliphatic carbocycles. The van der Waals surface area contributed by atoms with Crippen LogP contribution in [-0.4, -0.2) is 22.6 Å². The molecule has 4 aromatic rings. The lowest BCUT2D eigenvalue weighted by Gasteiger charge is -2.16. The first kappa shape index (κ1) is 24.6. The highest BCUT2D eigenvalue weighted by Gasteiger charge is 2.35. The van der Waals surface area contributed by atoms with E-state index in [1.54, 1.807) is 31.6 Å². The number of hydrogen-bond donors (Lipinski definition) is 1. The number of methoxy groups -OCH3 is 1. The SMILES string of the molecule is COc1ccc(C(=O)Nc2ccc(Cl)c(-c3cc4cnccc4n(C)c3=O)c2Cl)cc1C(F)(F)F. The van der Waals surface area contributed by atoms with Crippen LogP contribution in [0.3, 0.4) is 0 Å². The predicted octanol–water partition coefficient (Wildman–Crippen LogP) is 6.19. The number of fused-ring (bicyclic) bond motifs is 1. The van der Waals surface area contributed by atoms with Crippen molar-refractivity contribution in [3.05, 3.63) is 86.4 Å². The van der Waals surface area contributed by atoms with Gasteiger partial charge in [0.25, 0.3) is 11.5 Å². The highest BCUT2D eigenvalue weighted by atomic mass is 35.5. The Labute approximate surface area is 206 Å². The van der Waals surface area contributed by atoms with Crippen LogP contribution in [0.4, 0.5) is 18.9 Å². The molecule has 180 valence electrons. The van der Waals surface area contributed by atoms with Gasteiger partial charge in [-0.15, -0.1) is 0 Å². The molecule has 2 aromatic heterocycles. The summed E-state index contributed by atoms with van der Waals surface area (Å²) >= 11 is 12.9. The number of pyridine rings is 2. The van der Waals surface area contributed by atoms with Gasteiger partial charge in [-0.05, 0) is 42.5 Å². The van der Waals surface area contributed by atoms with Crippen molar-refractivity contribution in [1.29, 1.82) is 0 Å². The van der Waals surface area contributed by atoms with Crippen molar-refractivity contribution in [1.82, 2.24) is 9.55 Å². The van der Waals surface area contributed by atoms with Gasteiger partial charge in [0, 0.05) is 36.0 Å². The van der Waals surface area contributed by atoms with Gasteiger partial charge in [0.05, 0.1) is 39.5 Å². The van der Waals surface area contributed by atoms with E-state index in [0.717, 1.165) is 13.2 Å². The highest BCUT2D eigenvalue weighted by Crippen LogP contribution is 2.40. The summed E-state index contributed by atoms with van der Waals surface area (Å²) in [5.41, 5.74) is -0.701. The van der Waals surface area contributed by atoms with Crippen LogP contribution in [0.25, 0.3) is 22.0 Å². The number of halogens is 5. The maximum atomic E-state index is 13.4. The van der Waals surface area contributed by atoms with Crippen LogP contribution in [0, 0.1) is 0 Å². The molecule has 0 saturated heterocycles. The van der Waals surface area contributed by atoms with E-state index in [2.05, 4.69) is 10.3 Å². The van der Waals surface area contributed by atoms with Gasteiger partial charge in [-0.3, -0.25) is 14.6 Å². The smallest absolute Gasteiger partial charge is 0.419 e. The summed E-state index contributed by atoms with van der Waals surface area (Å²) in [5, 5.41) is 3.25. The number of carbonyl (C=O) groups is 1. The molecule has 11 heteroatoms. The molecule has 6 nitrogen and oxygen atoms in total. The standard InChI is InChI=1S/C24H16Cl2F3N3O3/c1-32-18-7-8-30-11-13(18)9-14(23(32)34)20-16(25)4-5-17(21(20)26)31-22(33)12-3-6-19(35-2)15(10-12)24(27,28)29/h3-11H,1-2H3,(H,31,33). The van der Waals surface area contributed by atoms with Crippen molar-refractivity contribution in [2.24, 2.45) is 7.05 Å². The number of ether oxygens (including phenoxy) is 1. The Morgan fingerprint density at radius 3 is 2.54 bits per heavy atom. The fraction of sp³-hybridized carbons (Fsp3) is 0.125. The van der Waals surface area contributed by atoms with Gasteiger partial charge in [0.15, 0.2) is 0 Å². The van der Waals surface area contributed by atoms with Gasteiger partial charge >= 0.3 is 6.18 Å². The van der Waals surface area contributed by atoms with Crippen molar-refractivity contribution in [3.8, 4) is 16.9 Å². The van der Waals surface area contributed by atoms with E-state index in [9.17, 15) is 22.8 Å². The zero-order valence-corrected chi connectivity index (χ0v) is 19.7. The van der Waals surface area contributed by atoms with Gasteiger partial charge in [-0.1, -0.05) is 23.2 Å². The molecule has 0 radical (unpaired) electrons. The summed E-state index contributed by atoms with van der Waals surface area (Å²) < 4.78 is 46.2. The van der Waals surface area contributed by atoms with Gasteiger partial charge in [-0.25, -0.2) is 0 Å². The third kappa shape index (κ3) is 4.56. The van der Waals surface area contributed by atoms with Crippen LogP contribution < -0.4 is 15.6 Å². The first-order valence-corrected chi connectivity index (χ1v) is 10.8. The van der Waals surface area contributed by atoms with Gasteiger partial charge < -0.3 is 14.6 Å². The van der Waals surface area contributed by atoms with E-state index < -0.39 is 23.4 Å². The van der Waals surface area contributed by atoms with Crippen molar-refractivity contribution in [2.75, 3.05) is 12.4 Å². The lowest BCUT2D eigenvalue weighted by atomic mass is 10.0. The molecule has 1 amide bonds. The highest BCUT2D eigenvalue weighted by molar-refractivity contribution is 6.41. The molecule has 0 bridgehead atoms. The molecule has 0 aliphatic rings. The molecule has 0 spiro atoms. The molecule has 1 N–H and O–H groups in total. The van der Waals surface area contributed by atoms with E-state index in [0.29, 0.717) is 17.0 Å². The van der Waals surface area contributed by atoms with E-state index in [1.165, 1.54) is 22.8 Å². The zero-order chi connectivity index (χ0) is 25.5.